The minimum atomic E-state index is -4.32. The Bertz CT molecular complexity index is 517. The zero-order valence-electron chi connectivity index (χ0n) is 12.7. The van der Waals surface area contributed by atoms with Crippen molar-refractivity contribution in [3.05, 3.63) is 29.3 Å². The van der Waals surface area contributed by atoms with Gasteiger partial charge in [-0.25, -0.2) is 0 Å². The summed E-state index contributed by atoms with van der Waals surface area (Å²) in [4.78, 5) is 0. The molecule has 2 aliphatic heterocycles. The Morgan fingerprint density at radius 2 is 1.82 bits per heavy atom. The van der Waals surface area contributed by atoms with E-state index >= 15 is 0 Å². The normalized spacial score (nSPS) is 28.5. The highest BCUT2D eigenvalue weighted by molar-refractivity contribution is 5.35. The number of ether oxygens (including phenoxy) is 1. The van der Waals surface area contributed by atoms with Crippen molar-refractivity contribution in [2.45, 2.75) is 57.3 Å². The van der Waals surface area contributed by atoms with Gasteiger partial charge in [0.1, 0.15) is 5.75 Å². The quantitative estimate of drug-likeness (QED) is 0.897. The molecule has 2 bridgehead atoms. The molecule has 2 saturated heterocycles. The lowest BCUT2D eigenvalue weighted by Gasteiger charge is -2.40. The fraction of sp³-hybridized carbons (Fsp3) is 0.647. The Morgan fingerprint density at radius 3 is 2.45 bits per heavy atom. The molecule has 0 spiro atoms. The smallest absolute Gasteiger partial charge is 0.416 e. The van der Waals surface area contributed by atoms with Crippen molar-refractivity contribution in [1.29, 1.82) is 0 Å². The molecule has 5 heteroatoms. The van der Waals surface area contributed by atoms with Crippen molar-refractivity contribution in [3.8, 4) is 5.75 Å². The molecule has 1 aromatic rings. The summed E-state index contributed by atoms with van der Waals surface area (Å²) in [5.41, 5.74) is -0.0586. The first-order chi connectivity index (χ1) is 10.4. The van der Waals surface area contributed by atoms with Gasteiger partial charge < -0.3 is 10.1 Å². The van der Waals surface area contributed by atoms with Gasteiger partial charge >= 0.3 is 6.18 Å². The summed E-state index contributed by atoms with van der Waals surface area (Å²) in [5.74, 6) is 0.766. The van der Waals surface area contributed by atoms with Gasteiger partial charge in [0, 0.05) is 12.1 Å². The first-order valence-corrected chi connectivity index (χ1v) is 7.98. The third-order valence-electron chi connectivity index (χ3n) is 4.68. The van der Waals surface area contributed by atoms with Crippen molar-refractivity contribution in [1.82, 2.24) is 5.32 Å². The van der Waals surface area contributed by atoms with E-state index in [4.69, 9.17) is 4.74 Å². The number of nitrogens with one attached hydrogen (secondary N) is 1. The lowest BCUT2D eigenvalue weighted by molar-refractivity contribution is -0.137. The van der Waals surface area contributed by atoms with Crippen LogP contribution >= 0.6 is 0 Å². The molecule has 0 saturated carbocycles. The number of halogens is 3. The predicted octanol–water partition coefficient (Wildman–Crippen LogP) is 4.31. The summed E-state index contributed by atoms with van der Waals surface area (Å²) >= 11 is 0. The molecule has 0 aromatic heterocycles. The molecular formula is C17H22F3NO. The summed E-state index contributed by atoms with van der Waals surface area (Å²) in [6.45, 7) is 2.17. The standard InChI is InChI=1S/C17H22F3NO/c1-11-5-13(17(18,19)20)9-16(6-11)22-10-12-7-14-3-2-4-15(8-12)21-14/h5-6,9,12,14-15,21H,2-4,7-8,10H2,1H3/t12?,14-,15+. The van der Waals surface area contributed by atoms with E-state index in [0.717, 1.165) is 25.0 Å². The number of benzene rings is 1. The predicted molar refractivity (Wildman–Crippen MR) is 79.0 cm³/mol. The highest BCUT2D eigenvalue weighted by Gasteiger charge is 2.32. The summed E-state index contributed by atoms with van der Waals surface area (Å²) in [7, 11) is 0. The maximum atomic E-state index is 12.8. The van der Waals surface area contributed by atoms with E-state index in [2.05, 4.69) is 5.32 Å². The molecule has 0 aliphatic carbocycles. The van der Waals surface area contributed by atoms with Gasteiger partial charge in [-0.05, 0) is 62.3 Å². The van der Waals surface area contributed by atoms with Gasteiger partial charge in [0.15, 0.2) is 0 Å². The number of alkyl halides is 3. The van der Waals surface area contributed by atoms with E-state index in [-0.39, 0.29) is 0 Å². The molecule has 1 unspecified atom stereocenters. The largest absolute Gasteiger partial charge is 0.493 e. The maximum Gasteiger partial charge on any atom is 0.416 e. The molecule has 2 aliphatic rings. The van der Waals surface area contributed by atoms with Crippen LogP contribution in [0.5, 0.6) is 5.75 Å². The average molecular weight is 313 g/mol. The lowest BCUT2D eigenvalue weighted by atomic mass is 9.81. The molecule has 2 heterocycles. The van der Waals surface area contributed by atoms with Crippen LogP contribution in [0.1, 0.15) is 43.2 Å². The molecule has 0 amide bonds. The van der Waals surface area contributed by atoms with Gasteiger partial charge in [0.2, 0.25) is 0 Å². The fourth-order valence-corrected chi connectivity index (χ4v) is 3.73. The molecule has 1 aromatic carbocycles. The second kappa shape index (κ2) is 6.11. The van der Waals surface area contributed by atoms with Crippen LogP contribution in [-0.4, -0.2) is 18.7 Å². The number of hydrogen-bond acceptors (Lipinski definition) is 2. The summed E-state index contributed by atoms with van der Waals surface area (Å²) in [6, 6.07) is 5.06. The second-order valence-corrected chi connectivity index (χ2v) is 6.67. The molecule has 0 radical (unpaired) electrons. The Labute approximate surface area is 129 Å². The monoisotopic (exact) mass is 313 g/mol. The Balaban J connectivity index is 1.63. The van der Waals surface area contributed by atoms with Gasteiger partial charge in [0.25, 0.3) is 0 Å². The molecule has 3 rings (SSSR count). The minimum absolute atomic E-state index is 0.330. The van der Waals surface area contributed by atoms with Crippen molar-refractivity contribution in [2.75, 3.05) is 6.61 Å². The second-order valence-electron chi connectivity index (χ2n) is 6.67. The van der Waals surface area contributed by atoms with E-state index in [1.54, 1.807) is 13.0 Å². The first-order valence-electron chi connectivity index (χ1n) is 7.98. The number of piperidine rings is 2. The Hall–Kier alpha value is -1.23. The van der Waals surface area contributed by atoms with Crippen molar-refractivity contribution < 1.29 is 17.9 Å². The van der Waals surface area contributed by atoms with Crippen LogP contribution in [-0.2, 0) is 6.18 Å². The van der Waals surface area contributed by atoms with E-state index in [1.807, 2.05) is 0 Å². The van der Waals surface area contributed by atoms with E-state index < -0.39 is 11.7 Å². The molecule has 2 fully saturated rings. The number of rotatable bonds is 3. The van der Waals surface area contributed by atoms with E-state index in [0.29, 0.717) is 35.9 Å². The molecule has 1 N–H and O–H groups in total. The van der Waals surface area contributed by atoms with Crippen LogP contribution in [0.2, 0.25) is 0 Å². The van der Waals surface area contributed by atoms with Crippen molar-refractivity contribution in [2.24, 2.45) is 5.92 Å². The topological polar surface area (TPSA) is 21.3 Å². The zero-order valence-corrected chi connectivity index (χ0v) is 12.7. The number of hydrogen-bond donors (Lipinski definition) is 1. The van der Waals surface area contributed by atoms with Gasteiger partial charge in [-0.3, -0.25) is 0 Å². The fourth-order valence-electron chi connectivity index (χ4n) is 3.73. The molecular weight excluding hydrogens is 291 g/mol. The van der Waals surface area contributed by atoms with Crippen LogP contribution in [0.4, 0.5) is 13.2 Å². The average Bonchev–Trinajstić information content (AvgIpc) is 2.43. The third kappa shape index (κ3) is 3.75. The summed E-state index contributed by atoms with van der Waals surface area (Å²) in [5, 5.41) is 3.61. The van der Waals surface area contributed by atoms with E-state index in [1.165, 1.54) is 19.3 Å². The van der Waals surface area contributed by atoms with E-state index in [9.17, 15) is 13.2 Å². The Morgan fingerprint density at radius 1 is 1.14 bits per heavy atom. The summed E-state index contributed by atoms with van der Waals surface area (Å²) in [6.07, 6.45) is 1.49. The minimum Gasteiger partial charge on any atom is -0.493 e. The number of fused-ring (bicyclic) bond motifs is 2. The molecule has 2 nitrogen and oxygen atoms in total. The van der Waals surface area contributed by atoms with Crippen LogP contribution in [0, 0.1) is 12.8 Å². The molecule has 3 atom stereocenters. The highest BCUT2D eigenvalue weighted by Crippen LogP contribution is 2.34. The van der Waals surface area contributed by atoms with Crippen LogP contribution in [0.3, 0.4) is 0 Å². The highest BCUT2D eigenvalue weighted by atomic mass is 19.4. The van der Waals surface area contributed by atoms with Gasteiger partial charge in [-0.2, -0.15) is 13.2 Å². The molecule has 122 valence electrons. The third-order valence-corrected chi connectivity index (χ3v) is 4.68. The van der Waals surface area contributed by atoms with Crippen LogP contribution < -0.4 is 10.1 Å². The first kappa shape index (κ1) is 15.7. The number of aryl methyl sites for hydroxylation is 1. The van der Waals surface area contributed by atoms with Gasteiger partial charge in [-0.1, -0.05) is 6.42 Å². The van der Waals surface area contributed by atoms with Gasteiger partial charge in [0.05, 0.1) is 12.2 Å². The van der Waals surface area contributed by atoms with Crippen molar-refractivity contribution >= 4 is 0 Å². The van der Waals surface area contributed by atoms with Crippen LogP contribution in [0.15, 0.2) is 18.2 Å². The lowest BCUT2D eigenvalue weighted by Crippen LogP contribution is -2.49. The Kier molecular flexibility index (Phi) is 4.35. The zero-order chi connectivity index (χ0) is 15.7. The van der Waals surface area contributed by atoms with Crippen molar-refractivity contribution in [3.63, 3.8) is 0 Å². The van der Waals surface area contributed by atoms with Crippen LogP contribution in [0.25, 0.3) is 0 Å². The summed E-state index contributed by atoms with van der Waals surface area (Å²) < 4.78 is 44.2. The van der Waals surface area contributed by atoms with Gasteiger partial charge in [-0.15, -0.1) is 0 Å². The molecule has 22 heavy (non-hydrogen) atoms. The SMILES string of the molecule is Cc1cc(OCC2C[C@H]3CCC[C@@H](C2)N3)cc(C(F)(F)F)c1. The maximum absolute atomic E-state index is 12.8.